The topological polar surface area (TPSA) is 126 Å². The number of nitrogens with zero attached hydrogens (tertiary/aromatic N) is 1. The fraction of sp³-hybridized carbons (Fsp3) is 0.688. The third kappa shape index (κ3) is 4.12. The van der Waals surface area contributed by atoms with Gasteiger partial charge in [-0.3, -0.25) is 24.0 Å². The Morgan fingerprint density at radius 2 is 1.31 bits per heavy atom. The lowest BCUT2D eigenvalue weighted by Crippen LogP contribution is -2.67. The molecular formula is C16H21NO9. The van der Waals surface area contributed by atoms with E-state index in [1.165, 1.54) is 11.8 Å². The van der Waals surface area contributed by atoms with E-state index in [-0.39, 0.29) is 6.54 Å². The Labute approximate surface area is 149 Å². The molecule has 0 aromatic heterocycles. The number of hydrogen-bond acceptors (Lipinski definition) is 9. The molecule has 2 saturated heterocycles. The van der Waals surface area contributed by atoms with Gasteiger partial charge in [0, 0.05) is 40.7 Å². The second-order valence-electron chi connectivity index (χ2n) is 6.14. The quantitative estimate of drug-likeness (QED) is 0.467. The Morgan fingerprint density at radius 1 is 0.808 bits per heavy atom. The lowest BCUT2D eigenvalue weighted by atomic mass is 9.91. The predicted molar refractivity (Wildman–Crippen MR) is 82.3 cm³/mol. The van der Waals surface area contributed by atoms with Crippen LogP contribution < -0.4 is 0 Å². The van der Waals surface area contributed by atoms with Crippen molar-refractivity contribution in [3.8, 4) is 0 Å². The summed E-state index contributed by atoms with van der Waals surface area (Å²) in [6.45, 7) is 4.81. The Kier molecular flexibility index (Phi) is 5.83. The molecule has 0 unspecified atom stereocenters. The van der Waals surface area contributed by atoms with Crippen molar-refractivity contribution in [3.05, 3.63) is 0 Å². The fourth-order valence-corrected chi connectivity index (χ4v) is 3.39. The molecule has 2 aliphatic rings. The zero-order chi connectivity index (χ0) is 19.6. The van der Waals surface area contributed by atoms with Gasteiger partial charge in [-0.15, -0.1) is 0 Å². The molecule has 2 heterocycles. The van der Waals surface area contributed by atoms with E-state index < -0.39 is 60.2 Å². The van der Waals surface area contributed by atoms with Gasteiger partial charge in [-0.25, -0.2) is 0 Å². The van der Waals surface area contributed by atoms with Crippen LogP contribution in [0.2, 0.25) is 0 Å². The molecule has 0 radical (unpaired) electrons. The van der Waals surface area contributed by atoms with Crippen LogP contribution in [0, 0.1) is 0 Å². The van der Waals surface area contributed by atoms with Crippen LogP contribution in [0.1, 0.15) is 34.1 Å². The van der Waals surface area contributed by atoms with E-state index in [4.69, 9.17) is 18.9 Å². The lowest BCUT2D eigenvalue weighted by Gasteiger charge is -2.44. The van der Waals surface area contributed by atoms with Crippen LogP contribution in [0.4, 0.5) is 0 Å². The molecule has 0 bridgehead atoms. The number of esters is 4. The third-order valence-corrected chi connectivity index (χ3v) is 4.09. The Balaban J connectivity index is 2.44. The first-order valence-electron chi connectivity index (χ1n) is 8.11. The first-order valence-corrected chi connectivity index (χ1v) is 8.11. The zero-order valence-corrected chi connectivity index (χ0v) is 14.9. The molecule has 0 aromatic rings. The second kappa shape index (κ2) is 7.71. The highest BCUT2D eigenvalue weighted by Gasteiger charge is 2.59. The van der Waals surface area contributed by atoms with Crippen LogP contribution in [-0.4, -0.2) is 71.7 Å². The van der Waals surface area contributed by atoms with Crippen molar-refractivity contribution in [1.29, 1.82) is 0 Å². The number of piperidine rings is 1. The fourth-order valence-electron chi connectivity index (χ4n) is 3.39. The number of amides is 1. The average molecular weight is 371 g/mol. The summed E-state index contributed by atoms with van der Waals surface area (Å²) in [6, 6.07) is -0.841. The molecule has 5 atom stereocenters. The molecule has 1 amide bonds. The Hall–Kier alpha value is -2.65. The minimum atomic E-state index is -1.45. The van der Waals surface area contributed by atoms with Crippen LogP contribution >= 0.6 is 0 Å². The van der Waals surface area contributed by atoms with Crippen LogP contribution in [0.15, 0.2) is 0 Å². The summed E-state index contributed by atoms with van der Waals surface area (Å²) in [7, 11) is 0. The van der Waals surface area contributed by atoms with E-state index in [9.17, 15) is 24.0 Å². The summed E-state index contributed by atoms with van der Waals surface area (Å²) in [5.74, 6) is -3.34. The molecular weight excluding hydrogens is 350 g/mol. The number of rotatable bonds is 4. The van der Waals surface area contributed by atoms with Gasteiger partial charge >= 0.3 is 23.9 Å². The van der Waals surface area contributed by atoms with E-state index >= 15 is 0 Å². The summed E-state index contributed by atoms with van der Waals surface area (Å²) < 4.78 is 20.8. The standard InChI is InChI=1S/C16H21NO9/c1-7(18)23-11-5-6-17-12(11)13(24-8(2)19)14(25-9(3)20)15(16(17)22)26-10(4)21/h11-15H,5-6H2,1-4H3/t11-,12+,13+,14+,15-/m0/s1. The average Bonchev–Trinajstić information content (AvgIpc) is 2.89. The largest absolute Gasteiger partial charge is 0.460 e. The van der Waals surface area contributed by atoms with E-state index in [2.05, 4.69) is 0 Å². The van der Waals surface area contributed by atoms with Gasteiger partial charge in [0.25, 0.3) is 5.91 Å². The van der Waals surface area contributed by atoms with Crippen molar-refractivity contribution in [2.24, 2.45) is 0 Å². The SMILES string of the molecule is CC(=O)O[C@@H]1[C@H](OC(C)=O)[C@H]2[C@@H](OC(C)=O)CCN2C(=O)[C@H]1OC(C)=O. The van der Waals surface area contributed by atoms with Crippen molar-refractivity contribution in [2.75, 3.05) is 6.54 Å². The first-order chi connectivity index (χ1) is 12.1. The highest BCUT2D eigenvalue weighted by molar-refractivity contribution is 5.87. The maximum Gasteiger partial charge on any atom is 0.303 e. The van der Waals surface area contributed by atoms with Gasteiger partial charge in [-0.05, 0) is 0 Å². The lowest BCUT2D eigenvalue weighted by molar-refractivity contribution is -0.209. The molecule has 2 aliphatic heterocycles. The van der Waals surface area contributed by atoms with Gasteiger partial charge in [-0.1, -0.05) is 0 Å². The van der Waals surface area contributed by atoms with Crippen LogP contribution in [0.5, 0.6) is 0 Å². The van der Waals surface area contributed by atoms with Crippen molar-refractivity contribution < 1.29 is 42.9 Å². The van der Waals surface area contributed by atoms with Gasteiger partial charge in [-0.2, -0.15) is 0 Å². The van der Waals surface area contributed by atoms with Crippen LogP contribution in [-0.2, 0) is 42.9 Å². The molecule has 0 saturated carbocycles. The van der Waals surface area contributed by atoms with Crippen molar-refractivity contribution >= 4 is 29.8 Å². The molecule has 10 nitrogen and oxygen atoms in total. The second-order valence-corrected chi connectivity index (χ2v) is 6.14. The van der Waals surface area contributed by atoms with Gasteiger partial charge in [0.15, 0.2) is 12.2 Å². The number of carbonyl (C=O) groups excluding carboxylic acids is 5. The molecule has 2 fully saturated rings. The molecule has 10 heteroatoms. The van der Waals surface area contributed by atoms with Crippen molar-refractivity contribution in [1.82, 2.24) is 4.90 Å². The zero-order valence-electron chi connectivity index (χ0n) is 14.9. The van der Waals surface area contributed by atoms with E-state index in [1.54, 1.807) is 0 Å². The van der Waals surface area contributed by atoms with Gasteiger partial charge in [0.1, 0.15) is 12.1 Å². The highest BCUT2D eigenvalue weighted by Crippen LogP contribution is 2.35. The summed E-state index contributed by atoms with van der Waals surface area (Å²) in [5, 5.41) is 0. The number of hydrogen-bond donors (Lipinski definition) is 0. The number of carbonyl (C=O) groups is 5. The Morgan fingerprint density at radius 3 is 1.81 bits per heavy atom. The maximum atomic E-state index is 12.8. The molecule has 26 heavy (non-hydrogen) atoms. The van der Waals surface area contributed by atoms with E-state index in [0.717, 1.165) is 20.8 Å². The van der Waals surface area contributed by atoms with Crippen LogP contribution in [0.3, 0.4) is 0 Å². The number of ether oxygens (including phenoxy) is 4. The van der Waals surface area contributed by atoms with E-state index in [0.29, 0.717) is 6.42 Å². The van der Waals surface area contributed by atoms with Gasteiger partial charge in [0.2, 0.25) is 6.10 Å². The van der Waals surface area contributed by atoms with Crippen molar-refractivity contribution in [2.45, 2.75) is 64.6 Å². The minimum absolute atomic E-state index is 0.212. The molecule has 144 valence electrons. The smallest absolute Gasteiger partial charge is 0.303 e. The molecule has 0 aliphatic carbocycles. The van der Waals surface area contributed by atoms with Crippen LogP contribution in [0.25, 0.3) is 0 Å². The van der Waals surface area contributed by atoms with E-state index in [1.807, 2.05) is 0 Å². The molecule has 0 N–H and O–H groups in total. The summed E-state index contributed by atoms with van der Waals surface area (Å²) >= 11 is 0. The third-order valence-electron chi connectivity index (χ3n) is 4.09. The highest BCUT2D eigenvalue weighted by atomic mass is 16.6. The monoisotopic (exact) mass is 371 g/mol. The maximum absolute atomic E-state index is 12.8. The van der Waals surface area contributed by atoms with Gasteiger partial charge in [0.05, 0.1) is 0 Å². The molecule has 0 aromatic carbocycles. The Bertz CT molecular complexity index is 631. The molecule has 2 rings (SSSR count). The first kappa shape index (κ1) is 19.7. The summed E-state index contributed by atoms with van der Waals surface area (Å²) in [6.07, 6.45) is -4.37. The summed E-state index contributed by atoms with van der Waals surface area (Å²) in [5.41, 5.74) is 0. The van der Waals surface area contributed by atoms with Gasteiger partial charge < -0.3 is 23.8 Å². The predicted octanol–water partition coefficient (Wildman–Crippen LogP) is -0.672. The van der Waals surface area contributed by atoms with Crippen molar-refractivity contribution in [3.63, 3.8) is 0 Å². The normalized spacial score (nSPS) is 30.2. The molecule has 0 spiro atoms. The summed E-state index contributed by atoms with van der Waals surface area (Å²) in [4.78, 5) is 60.0. The minimum Gasteiger partial charge on any atom is -0.460 e. The number of fused-ring (bicyclic) bond motifs is 1.